The van der Waals surface area contributed by atoms with Gasteiger partial charge in [0, 0.05) is 23.4 Å². The van der Waals surface area contributed by atoms with Crippen LogP contribution >= 0.6 is 0 Å². The summed E-state index contributed by atoms with van der Waals surface area (Å²) in [5.41, 5.74) is 3.03. The van der Waals surface area contributed by atoms with Gasteiger partial charge in [-0.2, -0.15) is 0 Å². The lowest BCUT2D eigenvalue weighted by Gasteiger charge is -2.07. The maximum Gasteiger partial charge on any atom is 0.310 e. The maximum atomic E-state index is 13.4. The molecule has 0 atom stereocenters. The number of carbonyl (C=O) groups is 1. The summed E-state index contributed by atoms with van der Waals surface area (Å²) >= 11 is 0. The molecule has 0 N–H and O–H groups in total. The van der Waals surface area contributed by atoms with Gasteiger partial charge < -0.3 is 13.9 Å². The van der Waals surface area contributed by atoms with E-state index in [-0.39, 0.29) is 17.2 Å². The monoisotopic (exact) mass is 416 g/mol. The topological polar surface area (TPSA) is 83.1 Å². The summed E-state index contributed by atoms with van der Waals surface area (Å²) in [4.78, 5) is 24.0. The highest BCUT2D eigenvalue weighted by atomic mass is 16.6. The zero-order chi connectivity index (χ0) is 22.0. The van der Waals surface area contributed by atoms with E-state index in [1.807, 2.05) is 55.5 Å². The summed E-state index contributed by atoms with van der Waals surface area (Å²) in [6.07, 6.45) is 1.80. The van der Waals surface area contributed by atoms with Gasteiger partial charge in [-0.3, -0.25) is 14.9 Å². The highest BCUT2D eigenvalue weighted by molar-refractivity contribution is 6.10. The van der Waals surface area contributed by atoms with E-state index in [1.54, 1.807) is 10.6 Å². The molecule has 0 radical (unpaired) electrons. The quantitative estimate of drug-likeness (QED) is 0.241. The molecule has 7 heteroatoms. The van der Waals surface area contributed by atoms with Gasteiger partial charge in [-0.15, -0.1) is 0 Å². The number of ketones is 1. The molecule has 7 nitrogen and oxygen atoms in total. The predicted molar refractivity (Wildman–Crippen MR) is 116 cm³/mol. The van der Waals surface area contributed by atoms with Gasteiger partial charge in [-0.05, 0) is 36.8 Å². The van der Waals surface area contributed by atoms with Crippen molar-refractivity contribution in [2.75, 3.05) is 7.11 Å². The number of ether oxygens (including phenoxy) is 2. The average molecular weight is 416 g/mol. The molecule has 0 aliphatic carbocycles. The molecule has 0 spiro atoms. The van der Waals surface area contributed by atoms with Crippen molar-refractivity contribution in [3.05, 3.63) is 105 Å². The Balaban J connectivity index is 1.76. The number of nitro groups is 1. The van der Waals surface area contributed by atoms with Crippen LogP contribution in [-0.4, -0.2) is 22.2 Å². The third-order valence-electron chi connectivity index (χ3n) is 5.11. The molecule has 0 unspecified atom stereocenters. The van der Waals surface area contributed by atoms with Crippen LogP contribution in [0.1, 0.15) is 27.2 Å². The largest absolute Gasteiger partial charge is 0.490 e. The second-order valence-electron chi connectivity index (χ2n) is 7.01. The number of aromatic nitrogens is 1. The van der Waals surface area contributed by atoms with Crippen LogP contribution in [0.5, 0.6) is 11.5 Å². The molecule has 0 fully saturated rings. The zero-order valence-corrected chi connectivity index (χ0v) is 17.1. The van der Waals surface area contributed by atoms with Gasteiger partial charge in [0.25, 0.3) is 0 Å². The first-order chi connectivity index (χ1) is 15.0. The molecule has 0 bridgehead atoms. The van der Waals surface area contributed by atoms with Gasteiger partial charge in [0.15, 0.2) is 5.75 Å². The molecule has 0 amide bonds. The number of methoxy groups -OCH3 is 1. The third-order valence-corrected chi connectivity index (χ3v) is 5.11. The highest BCUT2D eigenvalue weighted by Gasteiger charge is 2.25. The summed E-state index contributed by atoms with van der Waals surface area (Å²) in [5.74, 6) is 0.387. The summed E-state index contributed by atoms with van der Waals surface area (Å²) in [6.45, 7) is 2.21. The summed E-state index contributed by atoms with van der Waals surface area (Å²) in [5, 5.41) is 11.2. The minimum Gasteiger partial charge on any atom is -0.490 e. The lowest BCUT2D eigenvalue weighted by Crippen LogP contribution is -2.07. The molecule has 0 aliphatic heterocycles. The maximum absolute atomic E-state index is 13.4. The van der Waals surface area contributed by atoms with Crippen LogP contribution < -0.4 is 9.47 Å². The van der Waals surface area contributed by atoms with Gasteiger partial charge in [0.1, 0.15) is 18.1 Å². The SMILES string of the molecule is COc1cc(C(=O)c2c(C)c(OCc3ccccc3)c3ccccn23)ccc1[N+](=O)[O-]. The molecule has 2 heterocycles. The van der Waals surface area contributed by atoms with E-state index in [9.17, 15) is 14.9 Å². The van der Waals surface area contributed by atoms with Gasteiger partial charge in [-0.1, -0.05) is 36.4 Å². The molecule has 0 aliphatic rings. The molecular weight excluding hydrogens is 396 g/mol. The number of nitrogens with zero attached hydrogens (tertiary/aromatic N) is 2. The number of pyridine rings is 1. The number of fused-ring (bicyclic) bond motifs is 1. The van der Waals surface area contributed by atoms with Crippen molar-refractivity contribution in [3.8, 4) is 11.5 Å². The van der Waals surface area contributed by atoms with E-state index in [1.165, 1.54) is 25.3 Å². The van der Waals surface area contributed by atoms with Crippen LogP contribution in [0.3, 0.4) is 0 Å². The highest BCUT2D eigenvalue weighted by Crippen LogP contribution is 2.34. The van der Waals surface area contributed by atoms with E-state index in [2.05, 4.69) is 0 Å². The fraction of sp³-hybridized carbons (Fsp3) is 0.125. The van der Waals surface area contributed by atoms with Gasteiger partial charge >= 0.3 is 5.69 Å². The van der Waals surface area contributed by atoms with Crippen molar-refractivity contribution in [3.63, 3.8) is 0 Å². The lowest BCUT2D eigenvalue weighted by molar-refractivity contribution is -0.385. The van der Waals surface area contributed by atoms with E-state index in [4.69, 9.17) is 9.47 Å². The molecule has 0 saturated carbocycles. The molecule has 4 aromatic rings. The standard InChI is InChI=1S/C24H20N2O5/c1-16-22(23(27)18-11-12-19(26(28)29)21(14-18)30-2)25-13-7-6-10-20(25)24(16)31-15-17-8-4-3-5-9-17/h3-14H,15H2,1-2H3. The first-order valence-electron chi connectivity index (χ1n) is 9.64. The van der Waals surface area contributed by atoms with Crippen LogP contribution in [0.4, 0.5) is 5.69 Å². The van der Waals surface area contributed by atoms with Gasteiger partial charge in [-0.25, -0.2) is 0 Å². The number of nitro benzene ring substituents is 1. The number of hydrogen-bond donors (Lipinski definition) is 0. The molecule has 0 saturated heterocycles. The third kappa shape index (κ3) is 3.73. The van der Waals surface area contributed by atoms with Gasteiger partial charge in [0.05, 0.1) is 17.5 Å². The smallest absolute Gasteiger partial charge is 0.310 e. The Bertz CT molecular complexity index is 1280. The molecule has 156 valence electrons. The minimum absolute atomic E-state index is 0.0370. The van der Waals surface area contributed by atoms with Crippen LogP contribution in [-0.2, 0) is 6.61 Å². The van der Waals surface area contributed by atoms with Crippen LogP contribution in [0.15, 0.2) is 72.9 Å². The molecule has 4 rings (SSSR count). The Morgan fingerprint density at radius 1 is 1.06 bits per heavy atom. The Labute approximate surface area is 178 Å². The summed E-state index contributed by atoms with van der Waals surface area (Å²) in [7, 11) is 1.34. The number of hydrogen-bond acceptors (Lipinski definition) is 5. The lowest BCUT2D eigenvalue weighted by atomic mass is 10.0. The Morgan fingerprint density at radius 2 is 1.81 bits per heavy atom. The van der Waals surface area contributed by atoms with E-state index >= 15 is 0 Å². The first kappa shape index (κ1) is 20.2. The Morgan fingerprint density at radius 3 is 2.52 bits per heavy atom. The summed E-state index contributed by atoms with van der Waals surface area (Å²) in [6, 6.07) is 19.5. The Hall–Kier alpha value is -4.13. The second-order valence-corrected chi connectivity index (χ2v) is 7.01. The van der Waals surface area contributed by atoms with Crippen molar-refractivity contribution in [2.24, 2.45) is 0 Å². The second kappa shape index (κ2) is 8.31. The summed E-state index contributed by atoms with van der Waals surface area (Å²) < 4.78 is 13.0. The van der Waals surface area contributed by atoms with E-state index in [0.29, 0.717) is 29.2 Å². The Kier molecular flexibility index (Phi) is 5.41. The molecule has 2 aromatic carbocycles. The average Bonchev–Trinajstić information content (AvgIpc) is 3.08. The number of rotatable bonds is 7. The number of benzene rings is 2. The molecule has 2 aromatic heterocycles. The van der Waals surface area contributed by atoms with Crippen LogP contribution in [0, 0.1) is 17.0 Å². The van der Waals surface area contributed by atoms with E-state index in [0.717, 1.165) is 11.1 Å². The molecular formula is C24H20N2O5. The predicted octanol–water partition coefficient (Wildman–Crippen LogP) is 4.97. The fourth-order valence-electron chi connectivity index (χ4n) is 3.60. The van der Waals surface area contributed by atoms with Gasteiger partial charge in [0.2, 0.25) is 5.78 Å². The normalized spacial score (nSPS) is 10.8. The minimum atomic E-state index is -0.541. The zero-order valence-electron chi connectivity index (χ0n) is 17.1. The van der Waals surface area contributed by atoms with Crippen molar-refractivity contribution in [2.45, 2.75) is 13.5 Å². The van der Waals surface area contributed by atoms with Crippen LogP contribution in [0.2, 0.25) is 0 Å². The van der Waals surface area contributed by atoms with Crippen LogP contribution in [0.25, 0.3) is 5.52 Å². The fourth-order valence-corrected chi connectivity index (χ4v) is 3.60. The van der Waals surface area contributed by atoms with Crippen molar-refractivity contribution in [1.82, 2.24) is 4.40 Å². The van der Waals surface area contributed by atoms with E-state index < -0.39 is 4.92 Å². The van der Waals surface area contributed by atoms with Crippen molar-refractivity contribution >= 4 is 17.0 Å². The number of carbonyl (C=O) groups excluding carboxylic acids is 1. The van der Waals surface area contributed by atoms with Crippen molar-refractivity contribution < 1.29 is 19.2 Å². The van der Waals surface area contributed by atoms with Crippen molar-refractivity contribution in [1.29, 1.82) is 0 Å². The first-order valence-corrected chi connectivity index (χ1v) is 9.64. The molecule has 31 heavy (non-hydrogen) atoms.